The highest BCUT2D eigenvalue weighted by molar-refractivity contribution is 6.26. The number of amides is 2. The van der Waals surface area contributed by atoms with Gasteiger partial charge in [0.05, 0.1) is 12.2 Å². The molecule has 1 aliphatic heterocycles. The van der Waals surface area contributed by atoms with Crippen molar-refractivity contribution in [2.45, 2.75) is 71.9 Å². The number of ether oxygens (including phenoxy) is 1. The number of phenols is 2. The Bertz CT molecular complexity index is 1290. The molecule has 39 heavy (non-hydrogen) atoms. The zero-order valence-electron chi connectivity index (χ0n) is 22.9. The SMILES string of the molecule is CC(=O)/C1=C/c2ccc(O)cc2CN(C(=O)CCCC(=O)NCCCC(=O)OC(C)(C)C)c2cc(O)ccc21. The van der Waals surface area contributed by atoms with E-state index in [1.54, 1.807) is 45.0 Å². The van der Waals surface area contributed by atoms with E-state index < -0.39 is 5.60 Å². The van der Waals surface area contributed by atoms with E-state index in [0.717, 1.165) is 0 Å². The van der Waals surface area contributed by atoms with Crippen LogP contribution in [0.3, 0.4) is 0 Å². The van der Waals surface area contributed by atoms with Gasteiger partial charge in [0.15, 0.2) is 5.78 Å². The van der Waals surface area contributed by atoms with Crippen molar-refractivity contribution in [2.24, 2.45) is 0 Å². The number of anilines is 1. The molecule has 208 valence electrons. The van der Waals surface area contributed by atoms with Crippen LogP contribution in [0.5, 0.6) is 11.5 Å². The fraction of sp³-hybridized carbons (Fsp3) is 0.400. The second kappa shape index (κ2) is 12.6. The number of allylic oxidation sites excluding steroid dienone is 1. The normalized spacial score (nSPS) is 14.2. The molecule has 0 radical (unpaired) electrons. The van der Waals surface area contributed by atoms with Gasteiger partial charge in [-0.25, -0.2) is 0 Å². The summed E-state index contributed by atoms with van der Waals surface area (Å²) in [5.41, 5.74) is 2.04. The van der Waals surface area contributed by atoms with Crippen molar-refractivity contribution in [1.29, 1.82) is 0 Å². The van der Waals surface area contributed by atoms with Gasteiger partial charge >= 0.3 is 5.97 Å². The molecule has 1 heterocycles. The van der Waals surface area contributed by atoms with Gasteiger partial charge in [-0.05, 0) is 82.0 Å². The number of benzene rings is 2. The predicted octanol–water partition coefficient (Wildman–Crippen LogP) is 4.48. The first-order chi connectivity index (χ1) is 18.3. The smallest absolute Gasteiger partial charge is 0.306 e. The second-order valence-electron chi connectivity index (χ2n) is 10.6. The third-order valence-corrected chi connectivity index (χ3v) is 6.09. The van der Waals surface area contributed by atoms with Crippen molar-refractivity contribution in [3.63, 3.8) is 0 Å². The van der Waals surface area contributed by atoms with E-state index in [1.807, 2.05) is 0 Å². The van der Waals surface area contributed by atoms with E-state index in [2.05, 4.69) is 5.32 Å². The van der Waals surface area contributed by atoms with Crippen LogP contribution < -0.4 is 10.2 Å². The van der Waals surface area contributed by atoms with E-state index in [1.165, 1.54) is 30.0 Å². The lowest BCUT2D eigenvalue weighted by atomic mass is 9.92. The summed E-state index contributed by atoms with van der Waals surface area (Å²) in [6.07, 6.45) is 2.82. The van der Waals surface area contributed by atoms with Crippen LogP contribution in [-0.2, 0) is 30.5 Å². The van der Waals surface area contributed by atoms with Crippen molar-refractivity contribution in [1.82, 2.24) is 5.32 Å². The molecule has 0 fully saturated rings. The fourth-order valence-electron chi connectivity index (χ4n) is 4.32. The van der Waals surface area contributed by atoms with Gasteiger partial charge in [-0.3, -0.25) is 19.2 Å². The first-order valence-corrected chi connectivity index (χ1v) is 13.0. The minimum atomic E-state index is -0.551. The Kier molecular flexibility index (Phi) is 9.51. The molecular formula is C30H36N2O7. The molecule has 0 bridgehead atoms. The van der Waals surface area contributed by atoms with Gasteiger partial charge in [0.25, 0.3) is 0 Å². The first kappa shape index (κ1) is 29.4. The topological polar surface area (TPSA) is 133 Å². The number of nitrogens with zero attached hydrogens (tertiary/aromatic N) is 1. The molecular weight excluding hydrogens is 500 g/mol. The molecule has 0 aliphatic carbocycles. The van der Waals surface area contributed by atoms with Crippen molar-refractivity contribution < 1.29 is 34.1 Å². The van der Waals surface area contributed by atoms with Gasteiger partial charge in [-0.1, -0.05) is 6.07 Å². The Labute approximate surface area is 228 Å². The zero-order chi connectivity index (χ0) is 28.7. The lowest BCUT2D eigenvalue weighted by molar-refractivity contribution is -0.155. The molecule has 2 amide bonds. The molecule has 0 aromatic heterocycles. The number of nitrogens with one attached hydrogen (secondary N) is 1. The molecule has 0 atom stereocenters. The van der Waals surface area contributed by atoms with E-state index >= 15 is 0 Å². The lowest BCUT2D eigenvalue weighted by Gasteiger charge is -2.29. The Morgan fingerprint density at radius 1 is 0.949 bits per heavy atom. The van der Waals surface area contributed by atoms with Crippen LogP contribution >= 0.6 is 0 Å². The molecule has 3 N–H and O–H groups in total. The number of ketones is 1. The highest BCUT2D eigenvalue weighted by atomic mass is 16.6. The van der Waals surface area contributed by atoms with Crippen LogP contribution in [0, 0.1) is 0 Å². The van der Waals surface area contributed by atoms with Gasteiger partial charge < -0.3 is 25.2 Å². The number of carbonyl (C=O) groups excluding carboxylic acids is 4. The van der Waals surface area contributed by atoms with Gasteiger partial charge in [0, 0.05) is 43.0 Å². The number of esters is 1. The first-order valence-electron chi connectivity index (χ1n) is 13.0. The quantitative estimate of drug-likeness (QED) is 0.318. The largest absolute Gasteiger partial charge is 0.508 e. The van der Waals surface area contributed by atoms with Gasteiger partial charge in [0.2, 0.25) is 11.8 Å². The van der Waals surface area contributed by atoms with Crippen LogP contribution in [0.15, 0.2) is 36.4 Å². The number of fused-ring (bicyclic) bond motifs is 2. The Balaban J connectivity index is 1.67. The second-order valence-corrected chi connectivity index (χ2v) is 10.6. The molecule has 2 aromatic carbocycles. The molecule has 0 unspecified atom stereocenters. The number of rotatable bonds is 9. The monoisotopic (exact) mass is 536 g/mol. The molecule has 9 nitrogen and oxygen atoms in total. The van der Waals surface area contributed by atoms with E-state index in [0.29, 0.717) is 40.9 Å². The molecule has 0 spiro atoms. The summed E-state index contributed by atoms with van der Waals surface area (Å²) in [5.74, 6) is -1.08. The maximum Gasteiger partial charge on any atom is 0.306 e. The molecule has 1 aliphatic rings. The van der Waals surface area contributed by atoms with Gasteiger partial charge in [-0.15, -0.1) is 0 Å². The summed E-state index contributed by atoms with van der Waals surface area (Å²) in [6, 6.07) is 9.26. The highest BCUT2D eigenvalue weighted by Crippen LogP contribution is 2.37. The molecule has 3 rings (SSSR count). The van der Waals surface area contributed by atoms with Crippen LogP contribution in [0.2, 0.25) is 0 Å². The minimum absolute atomic E-state index is 0.0268. The van der Waals surface area contributed by atoms with Crippen LogP contribution in [0.25, 0.3) is 11.6 Å². The number of phenolic OH excluding ortho intramolecular Hbond substituents is 2. The maximum absolute atomic E-state index is 13.4. The van der Waals surface area contributed by atoms with Gasteiger partial charge in [-0.2, -0.15) is 0 Å². The van der Waals surface area contributed by atoms with E-state index in [-0.39, 0.29) is 67.3 Å². The summed E-state index contributed by atoms with van der Waals surface area (Å²) in [7, 11) is 0. The number of hydrogen-bond acceptors (Lipinski definition) is 7. The number of carbonyl (C=O) groups is 4. The van der Waals surface area contributed by atoms with Crippen molar-refractivity contribution >= 4 is 40.9 Å². The van der Waals surface area contributed by atoms with Crippen molar-refractivity contribution in [3.8, 4) is 11.5 Å². The van der Waals surface area contributed by atoms with Crippen LogP contribution in [0.1, 0.15) is 76.5 Å². The zero-order valence-corrected chi connectivity index (χ0v) is 22.9. The average Bonchev–Trinajstić information content (AvgIpc) is 2.82. The molecule has 2 aromatic rings. The minimum Gasteiger partial charge on any atom is -0.508 e. The lowest BCUT2D eigenvalue weighted by Crippen LogP contribution is -2.32. The Morgan fingerprint density at radius 2 is 1.64 bits per heavy atom. The van der Waals surface area contributed by atoms with E-state index in [9.17, 15) is 29.4 Å². The maximum atomic E-state index is 13.4. The molecule has 9 heteroatoms. The standard InChI is InChI=1S/C30H36N2O7/c1-19(33)25-16-20-10-11-22(34)15-21(20)18-32(26-17-23(35)12-13-24(25)26)28(37)8-5-7-27(36)31-14-6-9-29(38)39-30(2,3)4/h10-13,15-17,34-35H,5-9,14,18H2,1-4H3,(H,31,36)/b25-16-. The summed E-state index contributed by atoms with van der Waals surface area (Å²) in [6.45, 7) is 7.25. The number of hydrogen-bond donors (Lipinski definition) is 3. The highest BCUT2D eigenvalue weighted by Gasteiger charge is 2.26. The fourth-order valence-corrected chi connectivity index (χ4v) is 4.32. The Morgan fingerprint density at radius 3 is 2.33 bits per heavy atom. The summed E-state index contributed by atoms with van der Waals surface area (Å²) in [5, 5.41) is 23.0. The van der Waals surface area contributed by atoms with Crippen LogP contribution in [-0.4, -0.2) is 45.9 Å². The number of Topliss-reactive ketones (excluding diaryl/α,β-unsaturated/α-hetero) is 1. The molecule has 0 saturated heterocycles. The van der Waals surface area contributed by atoms with Crippen molar-refractivity contribution in [3.05, 3.63) is 53.1 Å². The predicted molar refractivity (Wildman–Crippen MR) is 148 cm³/mol. The average molecular weight is 537 g/mol. The summed E-state index contributed by atoms with van der Waals surface area (Å²) < 4.78 is 5.25. The third-order valence-electron chi connectivity index (χ3n) is 6.09. The summed E-state index contributed by atoms with van der Waals surface area (Å²) >= 11 is 0. The Hall–Kier alpha value is -4.14. The third kappa shape index (κ3) is 8.43. The van der Waals surface area contributed by atoms with Crippen molar-refractivity contribution in [2.75, 3.05) is 11.4 Å². The van der Waals surface area contributed by atoms with Gasteiger partial charge in [0.1, 0.15) is 17.1 Å². The summed E-state index contributed by atoms with van der Waals surface area (Å²) in [4.78, 5) is 51.5. The molecule has 0 saturated carbocycles. The van der Waals surface area contributed by atoms with Crippen LogP contribution in [0.4, 0.5) is 5.69 Å². The van der Waals surface area contributed by atoms with E-state index in [4.69, 9.17) is 4.74 Å². The number of aromatic hydroxyl groups is 2.